The molecule has 0 saturated carbocycles. The Bertz CT molecular complexity index is 328. The maximum Gasteiger partial charge on any atom is 0.126 e. The third kappa shape index (κ3) is 4.12. The van der Waals surface area contributed by atoms with Crippen LogP contribution in [0.3, 0.4) is 0 Å². The van der Waals surface area contributed by atoms with E-state index in [0.717, 1.165) is 23.9 Å². The monoisotopic (exact) mass is 288 g/mol. The van der Waals surface area contributed by atoms with Gasteiger partial charge in [-0.05, 0) is 37.1 Å². The van der Waals surface area contributed by atoms with Gasteiger partial charge in [0.1, 0.15) is 11.6 Å². The summed E-state index contributed by atoms with van der Waals surface area (Å²) in [5.41, 5.74) is 0.628. The lowest BCUT2D eigenvalue weighted by Crippen LogP contribution is -2.13. The van der Waals surface area contributed by atoms with Crippen molar-refractivity contribution >= 4 is 15.9 Å². The van der Waals surface area contributed by atoms with E-state index in [2.05, 4.69) is 22.9 Å². The smallest absolute Gasteiger partial charge is 0.126 e. The van der Waals surface area contributed by atoms with E-state index in [9.17, 15) is 4.39 Å². The molecule has 1 aromatic rings. The van der Waals surface area contributed by atoms with E-state index in [1.54, 1.807) is 19.1 Å². The van der Waals surface area contributed by atoms with Gasteiger partial charge < -0.3 is 4.74 Å². The summed E-state index contributed by atoms with van der Waals surface area (Å²) >= 11 is 3.48. The van der Waals surface area contributed by atoms with E-state index in [0.29, 0.717) is 18.1 Å². The van der Waals surface area contributed by atoms with Gasteiger partial charge in [0, 0.05) is 11.2 Å². The fourth-order valence-corrected chi connectivity index (χ4v) is 2.04. The first kappa shape index (κ1) is 13.5. The molecule has 0 amide bonds. The highest BCUT2D eigenvalue weighted by Gasteiger charge is 2.07. The Balaban J connectivity index is 2.50. The fraction of sp³-hybridized carbons (Fsp3) is 0.538. The standard InChI is InChI=1S/C13H18BrFO/c1-3-4-11(8-14)9-16-12-5-6-13(15)10(2)7-12/h5-7,11H,3-4,8-9H2,1-2H3. The molecule has 1 aromatic carbocycles. The van der Waals surface area contributed by atoms with Crippen molar-refractivity contribution in [3.8, 4) is 5.75 Å². The quantitative estimate of drug-likeness (QED) is 0.708. The molecule has 0 radical (unpaired) electrons. The molecule has 1 rings (SSSR count). The van der Waals surface area contributed by atoms with Crippen molar-refractivity contribution in [3.05, 3.63) is 29.6 Å². The van der Waals surface area contributed by atoms with Gasteiger partial charge in [0.2, 0.25) is 0 Å². The Morgan fingerprint density at radius 1 is 1.44 bits per heavy atom. The zero-order valence-corrected chi connectivity index (χ0v) is 11.4. The number of alkyl halides is 1. The molecule has 0 aliphatic rings. The summed E-state index contributed by atoms with van der Waals surface area (Å²) < 4.78 is 18.7. The van der Waals surface area contributed by atoms with E-state index in [4.69, 9.17) is 4.74 Å². The Kier molecular flexibility index (Phi) is 5.81. The summed E-state index contributed by atoms with van der Waals surface area (Å²) in [5.74, 6) is 1.09. The van der Waals surface area contributed by atoms with Gasteiger partial charge in [-0.3, -0.25) is 0 Å². The topological polar surface area (TPSA) is 9.23 Å². The Morgan fingerprint density at radius 3 is 2.75 bits per heavy atom. The van der Waals surface area contributed by atoms with Crippen LogP contribution in [0.4, 0.5) is 4.39 Å². The summed E-state index contributed by atoms with van der Waals surface area (Å²) in [4.78, 5) is 0. The first-order valence-corrected chi connectivity index (χ1v) is 6.74. The summed E-state index contributed by atoms with van der Waals surface area (Å²) in [5, 5.41) is 0.945. The van der Waals surface area contributed by atoms with Crippen LogP contribution in [0.15, 0.2) is 18.2 Å². The summed E-state index contributed by atoms with van der Waals surface area (Å²) in [6.45, 7) is 4.60. The van der Waals surface area contributed by atoms with Gasteiger partial charge in [-0.1, -0.05) is 29.3 Å². The van der Waals surface area contributed by atoms with Crippen molar-refractivity contribution in [1.82, 2.24) is 0 Å². The fourth-order valence-electron chi connectivity index (χ4n) is 1.53. The Labute approximate surface area is 105 Å². The number of hydrogen-bond acceptors (Lipinski definition) is 1. The minimum absolute atomic E-state index is 0.182. The Morgan fingerprint density at radius 2 is 2.19 bits per heavy atom. The van der Waals surface area contributed by atoms with Crippen molar-refractivity contribution < 1.29 is 9.13 Å². The van der Waals surface area contributed by atoms with Gasteiger partial charge >= 0.3 is 0 Å². The minimum atomic E-state index is -0.182. The first-order chi connectivity index (χ1) is 7.67. The van der Waals surface area contributed by atoms with Gasteiger partial charge in [0.15, 0.2) is 0 Å². The zero-order valence-electron chi connectivity index (χ0n) is 9.80. The van der Waals surface area contributed by atoms with Crippen molar-refractivity contribution in [3.63, 3.8) is 0 Å². The van der Waals surface area contributed by atoms with Crippen LogP contribution in [0, 0.1) is 18.7 Å². The molecule has 0 N–H and O–H groups in total. The van der Waals surface area contributed by atoms with Crippen molar-refractivity contribution in [2.45, 2.75) is 26.7 Å². The van der Waals surface area contributed by atoms with E-state index >= 15 is 0 Å². The van der Waals surface area contributed by atoms with Crippen LogP contribution in [0.5, 0.6) is 5.75 Å². The highest BCUT2D eigenvalue weighted by Crippen LogP contribution is 2.18. The molecule has 0 saturated heterocycles. The maximum absolute atomic E-state index is 13.0. The van der Waals surface area contributed by atoms with E-state index in [1.165, 1.54) is 6.07 Å². The second-order valence-electron chi connectivity index (χ2n) is 4.03. The van der Waals surface area contributed by atoms with Gasteiger partial charge in [0.25, 0.3) is 0 Å². The predicted octanol–water partition coefficient (Wildman–Crippen LogP) is 4.32. The normalized spacial score (nSPS) is 12.5. The third-order valence-corrected chi connectivity index (χ3v) is 3.45. The van der Waals surface area contributed by atoms with E-state index < -0.39 is 0 Å². The number of halogens is 2. The lowest BCUT2D eigenvalue weighted by molar-refractivity contribution is 0.254. The molecular formula is C13H18BrFO. The van der Waals surface area contributed by atoms with Crippen molar-refractivity contribution in [2.24, 2.45) is 5.92 Å². The van der Waals surface area contributed by atoms with Crippen LogP contribution in [-0.4, -0.2) is 11.9 Å². The Hall–Kier alpha value is -0.570. The molecule has 0 aliphatic carbocycles. The number of aryl methyl sites for hydroxylation is 1. The van der Waals surface area contributed by atoms with Crippen LogP contribution in [0.25, 0.3) is 0 Å². The summed E-state index contributed by atoms with van der Waals surface area (Å²) in [6, 6.07) is 4.87. The highest BCUT2D eigenvalue weighted by atomic mass is 79.9. The van der Waals surface area contributed by atoms with Gasteiger partial charge in [-0.25, -0.2) is 4.39 Å². The highest BCUT2D eigenvalue weighted by molar-refractivity contribution is 9.09. The molecule has 90 valence electrons. The molecule has 3 heteroatoms. The number of hydrogen-bond donors (Lipinski definition) is 0. The molecule has 0 aliphatic heterocycles. The largest absolute Gasteiger partial charge is 0.493 e. The van der Waals surface area contributed by atoms with E-state index in [1.807, 2.05) is 0 Å². The molecular weight excluding hydrogens is 271 g/mol. The van der Waals surface area contributed by atoms with Crippen LogP contribution < -0.4 is 4.74 Å². The molecule has 0 aromatic heterocycles. The molecule has 0 heterocycles. The second-order valence-corrected chi connectivity index (χ2v) is 4.68. The van der Waals surface area contributed by atoms with Crippen LogP contribution in [0.2, 0.25) is 0 Å². The van der Waals surface area contributed by atoms with Crippen molar-refractivity contribution in [2.75, 3.05) is 11.9 Å². The van der Waals surface area contributed by atoms with Crippen molar-refractivity contribution in [1.29, 1.82) is 0 Å². The summed E-state index contributed by atoms with van der Waals surface area (Å²) in [6.07, 6.45) is 2.30. The second kappa shape index (κ2) is 6.89. The lowest BCUT2D eigenvalue weighted by atomic mass is 10.1. The van der Waals surface area contributed by atoms with Crippen LogP contribution in [0.1, 0.15) is 25.3 Å². The third-order valence-electron chi connectivity index (χ3n) is 2.53. The van der Waals surface area contributed by atoms with Gasteiger partial charge in [-0.2, -0.15) is 0 Å². The molecule has 1 nitrogen and oxygen atoms in total. The minimum Gasteiger partial charge on any atom is -0.493 e. The van der Waals surface area contributed by atoms with Crippen LogP contribution >= 0.6 is 15.9 Å². The van der Waals surface area contributed by atoms with Gasteiger partial charge in [0.05, 0.1) is 6.61 Å². The van der Waals surface area contributed by atoms with Crippen LogP contribution in [-0.2, 0) is 0 Å². The SMILES string of the molecule is CCCC(CBr)COc1ccc(F)c(C)c1. The zero-order chi connectivity index (χ0) is 12.0. The molecule has 16 heavy (non-hydrogen) atoms. The number of benzene rings is 1. The number of ether oxygens (including phenoxy) is 1. The number of rotatable bonds is 6. The molecule has 1 atom stereocenters. The van der Waals surface area contributed by atoms with Gasteiger partial charge in [-0.15, -0.1) is 0 Å². The maximum atomic E-state index is 13.0. The molecule has 0 fully saturated rings. The average Bonchev–Trinajstić information content (AvgIpc) is 2.28. The first-order valence-electron chi connectivity index (χ1n) is 5.62. The predicted molar refractivity (Wildman–Crippen MR) is 68.8 cm³/mol. The molecule has 0 spiro atoms. The van der Waals surface area contributed by atoms with E-state index in [-0.39, 0.29) is 5.82 Å². The average molecular weight is 289 g/mol. The summed E-state index contributed by atoms with van der Waals surface area (Å²) in [7, 11) is 0. The molecule has 0 bridgehead atoms. The molecule has 1 unspecified atom stereocenters. The lowest BCUT2D eigenvalue weighted by Gasteiger charge is -2.14.